The average molecular weight is 402 g/mol. The molecule has 0 aliphatic carbocycles. The highest BCUT2D eigenvalue weighted by atomic mass is 16.5. The van der Waals surface area contributed by atoms with Gasteiger partial charge in [0.15, 0.2) is 5.75 Å². The molecule has 0 atom stereocenters. The van der Waals surface area contributed by atoms with Crippen LogP contribution in [0, 0.1) is 6.92 Å². The van der Waals surface area contributed by atoms with E-state index >= 15 is 0 Å². The summed E-state index contributed by atoms with van der Waals surface area (Å²) >= 11 is 0. The summed E-state index contributed by atoms with van der Waals surface area (Å²) < 4.78 is 16.5. The summed E-state index contributed by atoms with van der Waals surface area (Å²) in [6, 6.07) is 16.2. The minimum absolute atomic E-state index is 0.155. The maximum atomic E-state index is 5.87. The molecule has 0 bridgehead atoms. The van der Waals surface area contributed by atoms with Gasteiger partial charge in [-0.3, -0.25) is 0 Å². The monoisotopic (exact) mass is 402 g/mol. The number of ether oxygens (including phenoxy) is 2. The second-order valence-electron chi connectivity index (χ2n) is 7.35. The fraction of sp³-hybridized carbons (Fsp3) is 0.217. The number of nitrogens with zero attached hydrogens (tertiary/aromatic N) is 4. The minimum atomic E-state index is -0.155. The molecule has 0 radical (unpaired) electrons. The van der Waals surface area contributed by atoms with Crippen LogP contribution in [0.3, 0.4) is 0 Å². The molecule has 0 saturated heterocycles. The van der Waals surface area contributed by atoms with E-state index in [0.717, 1.165) is 5.75 Å². The van der Waals surface area contributed by atoms with Crippen LogP contribution in [0.2, 0.25) is 0 Å². The number of rotatable bonds is 6. The van der Waals surface area contributed by atoms with E-state index in [1.807, 2.05) is 24.3 Å². The predicted molar refractivity (Wildman–Crippen MR) is 112 cm³/mol. The number of hydrogen-bond acceptors (Lipinski definition) is 7. The Labute approximate surface area is 174 Å². The SMILES string of the molecule is COc1ccc(C(C)(C)c2ccc(Oc3cnc(-c4nnc(C)o4)nc3)cc2)cc1. The molecule has 0 N–H and O–H groups in total. The van der Waals surface area contributed by atoms with Crippen LogP contribution in [0.15, 0.2) is 65.3 Å². The van der Waals surface area contributed by atoms with Gasteiger partial charge in [-0.05, 0) is 35.4 Å². The number of methoxy groups -OCH3 is 1. The number of benzene rings is 2. The Bertz CT molecular complexity index is 1120. The van der Waals surface area contributed by atoms with Crippen LogP contribution in [0.1, 0.15) is 30.9 Å². The topological polar surface area (TPSA) is 83.2 Å². The first-order valence-electron chi connectivity index (χ1n) is 9.51. The van der Waals surface area contributed by atoms with Crippen molar-refractivity contribution in [3.63, 3.8) is 0 Å². The van der Waals surface area contributed by atoms with Gasteiger partial charge in [-0.1, -0.05) is 38.1 Å². The molecule has 0 aliphatic heterocycles. The summed E-state index contributed by atoms with van der Waals surface area (Å²) in [5, 5.41) is 7.68. The Morgan fingerprint density at radius 1 is 0.767 bits per heavy atom. The fourth-order valence-electron chi connectivity index (χ4n) is 3.12. The third-order valence-electron chi connectivity index (χ3n) is 4.97. The summed E-state index contributed by atoms with van der Waals surface area (Å²) in [6.07, 6.45) is 3.16. The number of aryl methyl sites for hydroxylation is 1. The number of hydrogen-bond donors (Lipinski definition) is 0. The van der Waals surface area contributed by atoms with Crippen LogP contribution in [0.4, 0.5) is 0 Å². The van der Waals surface area contributed by atoms with E-state index in [-0.39, 0.29) is 11.3 Å². The third kappa shape index (κ3) is 4.00. The molecule has 0 aliphatic rings. The molecule has 2 aromatic heterocycles. The maximum Gasteiger partial charge on any atom is 0.285 e. The Hall–Kier alpha value is -3.74. The quantitative estimate of drug-likeness (QED) is 0.451. The van der Waals surface area contributed by atoms with Crippen molar-refractivity contribution in [2.75, 3.05) is 7.11 Å². The van der Waals surface area contributed by atoms with Crippen molar-refractivity contribution >= 4 is 0 Å². The second kappa shape index (κ2) is 7.94. The highest BCUT2D eigenvalue weighted by Crippen LogP contribution is 2.34. The molecular formula is C23H22N4O3. The van der Waals surface area contributed by atoms with E-state index in [4.69, 9.17) is 13.9 Å². The average Bonchev–Trinajstić information content (AvgIpc) is 3.21. The molecule has 2 heterocycles. The van der Waals surface area contributed by atoms with Crippen molar-refractivity contribution in [3.8, 4) is 29.0 Å². The first-order chi connectivity index (χ1) is 14.5. The summed E-state index contributed by atoms with van der Waals surface area (Å²) in [6.45, 7) is 6.10. The van der Waals surface area contributed by atoms with Gasteiger partial charge in [0.2, 0.25) is 11.7 Å². The Morgan fingerprint density at radius 2 is 1.33 bits per heavy atom. The van der Waals surface area contributed by atoms with Crippen LogP contribution < -0.4 is 9.47 Å². The standard InChI is InChI=1S/C23H22N4O3/c1-15-26-27-22(29-15)21-24-13-20(14-25-21)30-19-11-7-17(8-12-19)23(2,3)16-5-9-18(28-4)10-6-16/h5-14H,1-4H3. The molecule has 7 nitrogen and oxygen atoms in total. The third-order valence-corrected chi connectivity index (χ3v) is 4.97. The first kappa shape index (κ1) is 19.6. The van der Waals surface area contributed by atoms with Gasteiger partial charge in [0.05, 0.1) is 19.5 Å². The van der Waals surface area contributed by atoms with Gasteiger partial charge in [0, 0.05) is 12.3 Å². The van der Waals surface area contributed by atoms with Crippen LogP contribution in [0.25, 0.3) is 11.7 Å². The summed E-state index contributed by atoms with van der Waals surface area (Å²) in [7, 11) is 1.67. The molecule has 0 unspecified atom stereocenters. The zero-order chi connectivity index (χ0) is 21.1. The normalized spacial score (nSPS) is 11.3. The minimum Gasteiger partial charge on any atom is -0.497 e. The van der Waals surface area contributed by atoms with Gasteiger partial charge in [0.1, 0.15) is 11.5 Å². The number of aromatic nitrogens is 4. The molecule has 2 aromatic carbocycles. The zero-order valence-electron chi connectivity index (χ0n) is 17.3. The molecule has 0 saturated carbocycles. The van der Waals surface area contributed by atoms with Gasteiger partial charge in [0.25, 0.3) is 5.89 Å². The van der Waals surface area contributed by atoms with Crippen molar-refractivity contribution in [2.24, 2.45) is 0 Å². The maximum absolute atomic E-state index is 5.87. The van der Waals surface area contributed by atoms with Crippen LogP contribution in [-0.4, -0.2) is 27.3 Å². The van der Waals surface area contributed by atoms with Gasteiger partial charge in [-0.2, -0.15) is 0 Å². The van der Waals surface area contributed by atoms with Crippen molar-refractivity contribution in [1.29, 1.82) is 0 Å². The van der Waals surface area contributed by atoms with Crippen molar-refractivity contribution in [3.05, 3.63) is 77.9 Å². The molecular weight excluding hydrogens is 380 g/mol. The van der Waals surface area contributed by atoms with Gasteiger partial charge in [-0.15, -0.1) is 10.2 Å². The van der Waals surface area contributed by atoms with E-state index in [0.29, 0.717) is 23.2 Å². The second-order valence-corrected chi connectivity index (χ2v) is 7.35. The molecule has 30 heavy (non-hydrogen) atoms. The molecule has 152 valence electrons. The zero-order valence-corrected chi connectivity index (χ0v) is 17.3. The van der Waals surface area contributed by atoms with Crippen LogP contribution >= 0.6 is 0 Å². The van der Waals surface area contributed by atoms with E-state index in [1.54, 1.807) is 26.4 Å². The Balaban J connectivity index is 1.47. The van der Waals surface area contributed by atoms with E-state index in [2.05, 4.69) is 58.3 Å². The molecule has 4 rings (SSSR count). The van der Waals surface area contributed by atoms with Crippen LogP contribution in [0.5, 0.6) is 17.2 Å². The highest BCUT2D eigenvalue weighted by Gasteiger charge is 2.23. The predicted octanol–water partition coefficient (Wildman–Crippen LogP) is 4.96. The van der Waals surface area contributed by atoms with Crippen molar-refractivity contribution < 1.29 is 13.9 Å². The van der Waals surface area contributed by atoms with Gasteiger partial charge in [-0.25, -0.2) is 9.97 Å². The largest absolute Gasteiger partial charge is 0.497 e. The van der Waals surface area contributed by atoms with Gasteiger partial charge >= 0.3 is 0 Å². The first-order valence-corrected chi connectivity index (χ1v) is 9.51. The van der Waals surface area contributed by atoms with E-state index in [1.165, 1.54) is 11.1 Å². The lowest BCUT2D eigenvalue weighted by Gasteiger charge is -2.26. The van der Waals surface area contributed by atoms with E-state index < -0.39 is 0 Å². The lowest BCUT2D eigenvalue weighted by molar-refractivity contribution is 0.414. The Kier molecular flexibility index (Phi) is 5.18. The van der Waals surface area contributed by atoms with E-state index in [9.17, 15) is 0 Å². The van der Waals surface area contributed by atoms with Crippen molar-refractivity contribution in [1.82, 2.24) is 20.2 Å². The molecule has 7 heteroatoms. The van der Waals surface area contributed by atoms with Crippen LogP contribution in [-0.2, 0) is 5.41 Å². The Morgan fingerprint density at radius 3 is 1.83 bits per heavy atom. The summed E-state index contributed by atoms with van der Waals surface area (Å²) in [5.41, 5.74) is 2.23. The fourth-order valence-corrected chi connectivity index (χ4v) is 3.12. The molecule has 0 amide bonds. The lowest BCUT2D eigenvalue weighted by Crippen LogP contribution is -2.18. The van der Waals surface area contributed by atoms with Crippen molar-refractivity contribution in [2.45, 2.75) is 26.2 Å². The summed E-state index contributed by atoms with van der Waals surface area (Å²) in [5.74, 6) is 3.18. The lowest BCUT2D eigenvalue weighted by atomic mass is 9.78. The molecule has 4 aromatic rings. The summed E-state index contributed by atoms with van der Waals surface area (Å²) in [4.78, 5) is 8.45. The smallest absolute Gasteiger partial charge is 0.285 e. The molecule has 0 spiro atoms. The highest BCUT2D eigenvalue weighted by molar-refractivity contribution is 5.43. The van der Waals surface area contributed by atoms with Gasteiger partial charge < -0.3 is 13.9 Å². The molecule has 0 fully saturated rings.